The molecule has 1 aromatic carbocycles. The maximum Gasteiger partial charge on any atom is 0.342 e. The number of thiol groups is 1. The fraction of sp³-hybridized carbons (Fsp3) is 0.600. The Labute approximate surface area is 133 Å². The SMILES string of the molecule is Cc1ccc(S(=O)(=O)O[N+]2(CCS)CCC(C)CC2)cc1. The summed E-state index contributed by atoms with van der Waals surface area (Å²) in [6, 6.07) is 6.79. The molecule has 0 amide bonds. The highest BCUT2D eigenvalue weighted by Crippen LogP contribution is 2.27. The third kappa shape index (κ3) is 4.22. The Kier molecular flexibility index (Phi) is 5.35. The van der Waals surface area contributed by atoms with E-state index in [1.54, 1.807) is 24.3 Å². The van der Waals surface area contributed by atoms with Crippen molar-refractivity contribution in [3.63, 3.8) is 0 Å². The number of hydroxylamine groups is 3. The predicted octanol–water partition coefficient (Wildman–Crippen LogP) is 2.79. The molecule has 1 aliphatic heterocycles. The molecule has 0 bridgehead atoms. The van der Waals surface area contributed by atoms with Gasteiger partial charge < -0.3 is 0 Å². The van der Waals surface area contributed by atoms with Crippen molar-refractivity contribution in [1.29, 1.82) is 0 Å². The number of benzene rings is 1. The monoisotopic (exact) mass is 330 g/mol. The van der Waals surface area contributed by atoms with E-state index < -0.39 is 10.1 Å². The van der Waals surface area contributed by atoms with Crippen molar-refractivity contribution in [3.05, 3.63) is 29.8 Å². The van der Waals surface area contributed by atoms with Crippen LogP contribution < -0.4 is 0 Å². The highest BCUT2D eigenvalue weighted by Gasteiger charge is 2.39. The van der Waals surface area contributed by atoms with Gasteiger partial charge in [-0.3, -0.25) is 0 Å². The molecule has 0 N–H and O–H groups in total. The average Bonchev–Trinajstić information content (AvgIpc) is 2.43. The van der Waals surface area contributed by atoms with Gasteiger partial charge in [0, 0.05) is 18.6 Å². The Morgan fingerprint density at radius 2 is 1.81 bits per heavy atom. The maximum absolute atomic E-state index is 12.5. The second kappa shape index (κ2) is 6.69. The van der Waals surface area contributed by atoms with Crippen molar-refractivity contribution in [3.8, 4) is 0 Å². The van der Waals surface area contributed by atoms with Crippen LogP contribution in [0.5, 0.6) is 0 Å². The molecule has 1 aromatic rings. The summed E-state index contributed by atoms with van der Waals surface area (Å²) in [6.07, 6.45) is 1.97. The fourth-order valence-corrected chi connectivity index (χ4v) is 4.20. The average molecular weight is 330 g/mol. The lowest BCUT2D eigenvalue weighted by Crippen LogP contribution is -2.54. The van der Waals surface area contributed by atoms with Crippen LogP contribution in [0.25, 0.3) is 0 Å². The third-order valence-corrected chi connectivity index (χ3v) is 5.69. The van der Waals surface area contributed by atoms with Crippen molar-refractivity contribution in [2.24, 2.45) is 5.92 Å². The standard InChI is InChI=1S/C15H23NO3S2/c1-13-3-5-15(6-4-13)21(17,18)19-16(11-12-20)9-7-14(2)8-10-16/h3-6,14H,7-12H2,1-2H3/p+1. The minimum absolute atomic E-state index is 0.171. The number of hydrogen-bond donors (Lipinski definition) is 1. The van der Waals surface area contributed by atoms with Gasteiger partial charge in [0.25, 0.3) is 0 Å². The van der Waals surface area contributed by atoms with Gasteiger partial charge in [0.15, 0.2) is 0 Å². The van der Waals surface area contributed by atoms with Crippen LogP contribution in [0.4, 0.5) is 0 Å². The van der Waals surface area contributed by atoms with Crippen LogP contribution in [0.15, 0.2) is 29.2 Å². The summed E-state index contributed by atoms with van der Waals surface area (Å²) in [6.45, 7) is 6.20. The van der Waals surface area contributed by atoms with E-state index in [1.807, 2.05) is 6.92 Å². The van der Waals surface area contributed by atoms with Crippen molar-refractivity contribution in [2.75, 3.05) is 25.4 Å². The minimum Gasteiger partial charge on any atom is -0.189 e. The molecule has 0 radical (unpaired) electrons. The molecular weight excluding hydrogens is 306 g/mol. The maximum atomic E-state index is 12.5. The van der Waals surface area contributed by atoms with Gasteiger partial charge in [-0.2, -0.15) is 25.7 Å². The zero-order valence-electron chi connectivity index (χ0n) is 12.7. The van der Waals surface area contributed by atoms with Crippen LogP contribution in [0.1, 0.15) is 25.3 Å². The number of nitrogens with zero attached hydrogens (tertiary/aromatic N) is 1. The van der Waals surface area contributed by atoms with Gasteiger partial charge in [-0.1, -0.05) is 28.9 Å². The van der Waals surface area contributed by atoms with E-state index in [1.165, 1.54) is 0 Å². The van der Waals surface area contributed by atoms with Crippen LogP contribution in [0.2, 0.25) is 0 Å². The first-order valence-corrected chi connectivity index (χ1v) is 9.41. The van der Waals surface area contributed by atoms with Crippen LogP contribution in [0.3, 0.4) is 0 Å². The smallest absolute Gasteiger partial charge is 0.189 e. The predicted molar refractivity (Wildman–Crippen MR) is 86.6 cm³/mol. The van der Waals surface area contributed by atoms with Gasteiger partial charge in [0.1, 0.15) is 19.6 Å². The van der Waals surface area contributed by atoms with Gasteiger partial charge in [-0.25, -0.2) is 0 Å². The highest BCUT2D eigenvalue weighted by molar-refractivity contribution is 7.86. The molecule has 0 spiro atoms. The molecule has 0 aliphatic carbocycles. The first-order valence-electron chi connectivity index (χ1n) is 7.37. The molecule has 0 aromatic heterocycles. The number of quaternary nitrogens is 1. The molecular formula is C15H24NO3S2+. The molecule has 4 nitrogen and oxygen atoms in total. The van der Waals surface area contributed by atoms with Gasteiger partial charge >= 0.3 is 10.1 Å². The van der Waals surface area contributed by atoms with Crippen molar-refractivity contribution < 1.29 is 17.3 Å². The molecule has 6 heteroatoms. The number of piperidine rings is 1. The van der Waals surface area contributed by atoms with Crippen molar-refractivity contribution in [1.82, 2.24) is 0 Å². The lowest BCUT2D eigenvalue weighted by molar-refractivity contribution is -1.08. The Balaban J connectivity index is 2.21. The Hall–Kier alpha value is -0.560. The van der Waals surface area contributed by atoms with E-state index >= 15 is 0 Å². The summed E-state index contributed by atoms with van der Waals surface area (Å²) in [4.78, 5) is 0.225. The van der Waals surface area contributed by atoms with Gasteiger partial charge in [-0.15, -0.1) is 0 Å². The molecule has 1 aliphatic rings. The van der Waals surface area contributed by atoms with Crippen LogP contribution >= 0.6 is 12.6 Å². The summed E-state index contributed by atoms with van der Waals surface area (Å²) < 4.78 is 30.8. The minimum atomic E-state index is -3.74. The van der Waals surface area contributed by atoms with Crippen LogP contribution in [-0.2, 0) is 14.4 Å². The Morgan fingerprint density at radius 1 is 1.24 bits per heavy atom. The first-order chi connectivity index (χ1) is 9.87. The largest absolute Gasteiger partial charge is 0.342 e. The van der Waals surface area contributed by atoms with Crippen molar-refractivity contribution in [2.45, 2.75) is 31.6 Å². The number of likely N-dealkylation sites (tertiary alicyclic amines) is 1. The number of hydrogen-bond acceptors (Lipinski definition) is 4. The molecule has 1 fully saturated rings. The highest BCUT2D eigenvalue weighted by atomic mass is 32.2. The second-order valence-electron chi connectivity index (χ2n) is 5.98. The molecule has 118 valence electrons. The molecule has 21 heavy (non-hydrogen) atoms. The lowest BCUT2D eigenvalue weighted by Gasteiger charge is -2.38. The first kappa shape index (κ1) is 16.8. The lowest BCUT2D eigenvalue weighted by atomic mass is 9.99. The van der Waals surface area contributed by atoms with E-state index in [0.717, 1.165) is 31.5 Å². The zero-order valence-corrected chi connectivity index (χ0v) is 14.4. The summed E-state index contributed by atoms with van der Waals surface area (Å²) >= 11 is 4.27. The molecule has 0 atom stereocenters. The number of rotatable bonds is 5. The van der Waals surface area contributed by atoms with E-state index in [2.05, 4.69) is 19.6 Å². The second-order valence-corrected chi connectivity index (χ2v) is 7.95. The summed E-state index contributed by atoms with van der Waals surface area (Å²) in [5, 5.41) is 0. The van der Waals surface area contributed by atoms with E-state index in [9.17, 15) is 8.42 Å². The summed E-state index contributed by atoms with van der Waals surface area (Å²) in [5.41, 5.74) is 1.03. The van der Waals surface area contributed by atoms with Crippen molar-refractivity contribution >= 4 is 22.7 Å². The Morgan fingerprint density at radius 3 is 2.33 bits per heavy atom. The molecule has 0 unspecified atom stereocenters. The number of aryl methyl sites for hydroxylation is 1. The van der Waals surface area contributed by atoms with E-state index in [-0.39, 0.29) is 9.54 Å². The molecule has 0 saturated carbocycles. The fourth-order valence-electron chi connectivity index (χ4n) is 2.64. The van der Waals surface area contributed by atoms with Gasteiger partial charge in [0.2, 0.25) is 0 Å². The zero-order chi connectivity index (χ0) is 15.5. The quantitative estimate of drug-likeness (QED) is 0.667. The summed E-state index contributed by atoms with van der Waals surface area (Å²) in [7, 11) is -3.74. The Bertz CT molecular complexity index is 561. The van der Waals surface area contributed by atoms with Gasteiger partial charge in [0.05, 0.1) is 4.90 Å². The molecule has 2 rings (SSSR count). The van der Waals surface area contributed by atoms with Gasteiger partial charge in [-0.05, 0) is 25.0 Å². The molecule has 1 heterocycles. The van der Waals surface area contributed by atoms with Crippen LogP contribution in [0, 0.1) is 12.8 Å². The summed E-state index contributed by atoms with van der Waals surface area (Å²) in [5.74, 6) is 1.24. The van der Waals surface area contributed by atoms with Crippen LogP contribution in [-0.4, -0.2) is 38.5 Å². The van der Waals surface area contributed by atoms with E-state index in [0.29, 0.717) is 18.2 Å². The third-order valence-electron chi connectivity index (χ3n) is 4.13. The molecule has 1 saturated heterocycles. The topological polar surface area (TPSA) is 43.4 Å². The van der Waals surface area contributed by atoms with E-state index in [4.69, 9.17) is 4.28 Å². The normalized spacial score (nSPS) is 26.7.